The second-order valence-corrected chi connectivity index (χ2v) is 6.13. The molecule has 0 saturated carbocycles. The summed E-state index contributed by atoms with van der Waals surface area (Å²) in [5.41, 5.74) is 2.28. The van der Waals surface area contributed by atoms with Gasteiger partial charge in [-0.05, 0) is 5.56 Å². The lowest BCUT2D eigenvalue weighted by molar-refractivity contribution is 0.586. The predicted octanol–water partition coefficient (Wildman–Crippen LogP) is 0.678. The smallest absolute Gasteiger partial charge is 0.327 e. The first-order valence-corrected chi connectivity index (χ1v) is 8.42. The van der Waals surface area contributed by atoms with E-state index < -0.39 is 0 Å². The zero-order valence-corrected chi connectivity index (χ0v) is 14.1. The Balaban J connectivity index is 1.71. The van der Waals surface area contributed by atoms with Crippen molar-refractivity contribution in [2.75, 3.05) is 36.4 Å². The zero-order chi connectivity index (χ0) is 17.2. The fourth-order valence-electron chi connectivity index (χ4n) is 3.04. The van der Waals surface area contributed by atoms with Crippen molar-refractivity contribution in [3.63, 3.8) is 0 Å². The Kier molecular flexibility index (Phi) is 4.10. The van der Waals surface area contributed by atoms with E-state index >= 15 is 0 Å². The molecule has 1 aromatic carbocycles. The van der Waals surface area contributed by atoms with Crippen LogP contribution in [-0.4, -0.2) is 45.7 Å². The van der Waals surface area contributed by atoms with Crippen molar-refractivity contribution >= 4 is 22.9 Å². The lowest BCUT2D eigenvalue weighted by atomic mass is 10.2. The summed E-state index contributed by atoms with van der Waals surface area (Å²) in [5.74, 6) is 1.30. The number of benzene rings is 1. The number of hydrogen-bond donors (Lipinski definition) is 3. The monoisotopic (exact) mass is 339 g/mol. The van der Waals surface area contributed by atoms with Crippen LogP contribution >= 0.6 is 0 Å². The number of fused-ring (bicyclic) bond motifs is 1. The van der Waals surface area contributed by atoms with Crippen molar-refractivity contribution in [2.45, 2.75) is 6.54 Å². The largest absolute Gasteiger partial charge is 0.352 e. The van der Waals surface area contributed by atoms with Crippen LogP contribution in [0.15, 0.2) is 35.1 Å². The molecule has 3 heterocycles. The zero-order valence-electron chi connectivity index (χ0n) is 14.1. The summed E-state index contributed by atoms with van der Waals surface area (Å²) >= 11 is 0. The van der Waals surface area contributed by atoms with E-state index in [0.29, 0.717) is 23.7 Å². The molecule has 8 nitrogen and oxygen atoms in total. The molecule has 3 aromatic rings. The molecule has 25 heavy (non-hydrogen) atoms. The van der Waals surface area contributed by atoms with E-state index in [4.69, 9.17) is 0 Å². The molecule has 1 fully saturated rings. The Morgan fingerprint density at radius 1 is 1.16 bits per heavy atom. The number of piperazine rings is 1. The highest BCUT2D eigenvalue weighted by Gasteiger charge is 2.20. The summed E-state index contributed by atoms with van der Waals surface area (Å²) in [4.78, 5) is 26.3. The fourth-order valence-corrected chi connectivity index (χ4v) is 3.04. The molecule has 0 bridgehead atoms. The van der Waals surface area contributed by atoms with Gasteiger partial charge in [-0.3, -0.25) is 4.57 Å². The number of H-pyrrole nitrogens is 1. The Labute approximate surface area is 144 Å². The van der Waals surface area contributed by atoms with E-state index in [1.807, 2.05) is 18.2 Å². The summed E-state index contributed by atoms with van der Waals surface area (Å²) in [7, 11) is 1.72. The van der Waals surface area contributed by atoms with E-state index in [2.05, 4.69) is 42.6 Å². The quantitative estimate of drug-likeness (QED) is 0.647. The number of nitrogens with zero attached hydrogens (tertiary/aromatic N) is 4. The minimum Gasteiger partial charge on any atom is -0.352 e. The Hall–Kier alpha value is -2.87. The summed E-state index contributed by atoms with van der Waals surface area (Å²) in [6.45, 7) is 4.12. The number of hydrogen-bond acceptors (Lipinski definition) is 6. The Morgan fingerprint density at radius 2 is 1.92 bits per heavy atom. The number of nitrogens with one attached hydrogen (secondary N) is 3. The Morgan fingerprint density at radius 3 is 2.68 bits per heavy atom. The average Bonchev–Trinajstić information content (AvgIpc) is 2.95. The van der Waals surface area contributed by atoms with E-state index in [-0.39, 0.29) is 5.69 Å². The van der Waals surface area contributed by atoms with Crippen molar-refractivity contribution in [2.24, 2.45) is 7.05 Å². The molecule has 0 spiro atoms. The van der Waals surface area contributed by atoms with Crippen molar-refractivity contribution in [1.29, 1.82) is 0 Å². The molecule has 1 aliphatic heterocycles. The van der Waals surface area contributed by atoms with E-state index in [1.54, 1.807) is 7.05 Å². The predicted molar refractivity (Wildman–Crippen MR) is 98.0 cm³/mol. The van der Waals surface area contributed by atoms with Crippen LogP contribution in [0.5, 0.6) is 0 Å². The van der Waals surface area contributed by atoms with Crippen LogP contribution in [0.3, 0.4) is 0 Å². The molecule has 0 aliphatic carbocycles. The van der Waals surface area contributed by atoms with Gasteiger partial charge < -0.3 is 20.5 Å². The van der Waals surface area contributed by atoms with E-state index in [0.717, 1.165) is 37.6 Å². The van der Waals surface area contributed by atoms with Gasteiger partial charge in [-0.2, -0.15) is 9.97 Å². The molecule has 0 radical (unpaired) electrons. The third-order valence-corrected chi connectivity index (χ3v) is 4.44. The van der Waals surface area contributed by atoms with Gasteiger partial charge in [0.05, 0.1) is 0 Å². The van der Waals surface area contributed by atoms with Gasteiger partial charge in [-0.1, -0.05) is 30.3 Å². The minimum absolute atomic E-state index is 0.180. The molecule has 130 valence electrons. The van der Waals surface area contributed by atoms with Crippen LogP contribution in [0.1, 0.15) is 5.56 Å². The van der Waals surface area contributed by atoms with Crippen molar-refractivity contribution in [3.8, 4) is 0 Å². The third-order valence-electron chi connectivity index (χ3n) is 4.44. The number of aryl methyl sites for hydroxylation is 1. The van der Waals surface area contributed by atoms with E-state index in [1.165, 1.54) is 4.57 Å². The minimum atomic E-state index is -0.180. The van der Waals surface area contributed by atoms with Crippen LogP contribution < -0.4 is 21.2 Å². The van der Waals surface area contributed by atoms with Crippen LogP contribution in [0.2, 0.25) is 0 Å². The first-order valence-electron chi connectivity index (χ1n) is 8.42. The standard InChI is InChI=1S/C17H21N7O/c1-23-14-13(20-17(23)25)15(24-9-7-18-8-10-24)22-16(21-14)19-11-12-5-3-2-4-6-12/h2-6,18H,7-11H2,1H3,(H,20,25)(H,19,21,22). The fraction of sp³-hybridized carbons (Fsp3) is 0.353. The third kappa shape index (κ3) is 3.08. The molecular formula is C17H21N7O. The average molecular weight is 339 g/mol. The van der Waals surface area contributed by atoms with Gasteiger partial charge >= 0.3 is 5.69 Å². The molecule has 2 aromatic heterocycles. The maximum absolute atomic E-state index is 12.1. The highest BCUT2D eigenvalue weighted by atomic mass is 16.1. The maximum atomic E-state index is 12.1. The topological polar surface area (TPSA) is 90.9 Å². The van der Waals surface area contributed by atoms with Gasteiger partial charge in [0.1, 0.15) is 5.52 Å². The number of aromatic nitrogens is 4. The molecule has 3 N–H and O–H groups in total. The van der Waals surface area contributed by atoms with Crippen LogP contribution in [0, 0.1) is 0 Å². The lowest BCUT2D eigenvalue weighted by Crippen LogP contribution is -2.44. The maximum Gasteiger partial charge on any atom is 0.327 e. The summed E-state index contributed by atoms with van der Waals surface area (Å²) in [6, 6.07) is 10.1. The summed E-state index contributed by atoms with van der Waals surface area (Å²) in [5, 5.41) is 6.61. The van der Waals surface area contributed by atoms with Gasteiger partial charge in [0, 0.05) is 39.8 Å². The number of rotatable bonds is 4. The number of imidazole rings is 1. The van der Waals surface area contributed by atoms with Gasteiger partial charge in [0.2, 0.25) is 5.95 Å². The molecule has 4 rings (SSSR count). The highest BCUT2D eigenvalue weighted by Crippen LogP contribution is 2.23. The van der Waals surface area contributed by atoms with E-state index in [9.17, 15) is 4.79 Å². The summed E-state index contributed by atoms with van der Waals surface area (Å²) in [6.07, 6.45) is 0. The van der Waals surface area contributed by atoms with Gasteiger partial charge in [-0.15, -0.1) is 0 Å². The molecule has 1 saturated heterocycles. The van der Waals surface area contributed by atoms with Crippen LogP contribution in [0.25, 0.3) is 11.2 Å². The second kappa shape index (κ2) is 6.56. The molecule has 0 atom stereocenters. The summed E-state index contributed by atoms with van der Waals surface area (Å²) < 4.78 is 1.52. The molecule has 0 unspecified atom stereocenters. The SMILES string of the molecule is Cn1c(=O)[nH]c2c(N3CCNCC3)nc(NCc3ccccc3)nc21. The van der Waals surface area contributed by atoms with Crippen molar-refractivity contribution in [1.82, 2.24) is 24.8 Å². The molecule has 8 heteroatoms. The first-order chi connectivity index (χ1) is 12.2. The number of aromatic amines is 1. The van der Waals surface area contributed by atoms with Gasteiger partial charge in [-0.25, -0.2) is 4.79 Å². The molecule has 0 amide bonds. The first kappa shape index (κ1) is 15.6. The van der Waals surface area contributed by atoms with Gasteiger partial charge in [0.15, 0.2) is 11.5 Å². The number of anilines is 2. The van der Waals surface area contributed by atoms with Crippen molar-refractivity contribution < 1.29 is 0 Å². The lowest BCUT2D eigenvalue weighted by Gasteiger charge is -2.28. The van der Waals surface area contributed by atoms with Crippen molar-refractivity contribution in [3.05, 3.63) is 46.4 Å². The molecule has 1 aliphatic rings. The Bertz CT molecular complexity index is 925. The van der Waals surface area contributed by atoms with Crippen LogP contribution in [0.4, 0.5) is 11.8 Å². The molecular weight excluding hydrogens is 318 g/mol. The van der Waals surface area contributed by atoms with Gasteiger partial charge in [0.25, 0.3) is 0 Å². The van der Waals surface area contributed by atoms with Crippen LogP contribution in [-0.2, 0) is 13.6 Å². The normalized spacial score (nSPS) is 14.8. The highest BCUT2D eigenvalue weighted by molar-refractivity contribution is 5.85. The second-order valence-electron chi connectivity index (χ2n) is 6.13.